The van der Waals surface area contributed by atoms with Crippen molar-refractivity contribution in [2.75, 3.05) is 11.9 Å². The SMILES string of the molecule is CCCCCCNC(CBr)C(C)C. The maximum atomic E-state index is 3.58. The van der Waals surface area contributed by atoms with Gasteiger partial charge in [-0.15, -0.1) is 0 Å². The molecule has 0 aromatic rings. The molecule has 0 aliphatic rings. The third-order valence-corrected chi connectivity index (χ3v) is 3.11. The number of rotatable bonds is 8. The summed E-state index contributed by atoms with van der Waals surface area (Å²) in [6.07, 6.45) is 5.40. The summed E-state index contributed by atoms with van der Waals surface area (Å²) in [5, 5.41) is 4.65. The van der Waals surface area contributed by atoms with Gasteiger partial charge < -0.3 is 5.32 Å². The topological polar surface area (TPSA) is 12.0 Å². The molecular formula is C11H24BrN. The molecule has 0 aliphatic heterocycles. The lowest BCUT2D eigenvalue weighted by atomic mass is 10.1. The van der Waals surface area contributed by atoms with Crippen molar-refractivity contribution >= 4 is 15.9 Å². The first-order valence-corrected chi connectivity index (χ1v) is 6.63. The molecule has 0 aliphatic carbocycles. The molecule has 0 saturated carbocycles. The largest absolute Gasteiger partial charge is 0.313 e. The highest BCUT2D eigenvalue weighted by molar-refractivity contribution is 9.09. The zero-order valence-corrected chi connectivity index (χ0v) is 10.9. The normalized spacial score (nSPS) is 13.6. The van der Waals surface area contributed by atoms with Gasteiger partial charge in [0.1, 0.15) is 0 Å². The Balaban J connectivity index is 3.28. The van der Waals surface area contributed by atoms with Crippen molar-refractivity contribution < 1.29 is 0 Å². The van der Waals surface area contributed by atoms with Crippen LogP contribution in [0, 0.1) is 5.92 Å². The van der Waals surface area contributed by atoms with Crippen molar-refractivity contribution in [3.05, 3.63) is 0 Å². The molecule has 0 aromatic heterocycles. The molecule has 13 heavy (non-hydrogen) atoms. The highest BCUT2D eigenvalue weighted by Crippen LogP contribution is 2.05. The van der Waals surface area contributed by atoms with E-state index in [4.69, 9.17) is 0 Å². The van der Waals surface area contributed by atoms with Crippen molar-refractivity contribution in [3.8, 4) is 0 Å². The van der Waals surface area contributed by atoms with E-state index in [-0.39, 0.29) is 0 Å². The number of nitrogens with one attached hydrogen (secondary N) is 1. The Bertz CT molecular complexity index is 104. The van der Waals surface area contributed by atoms with E-state index in [0.29, 0.717) is 6.04 Å². The van der Waals surface area contributed by atoms with Gasteiger partial charge in [-0.1, -0.05) is 56.0 Å². The Kier molecular flexibility index (Phi) is 9.32. The standard InChI is InChI=1S/C11H24BrN/c1-4-5-6-7-8-13-11(9-12)10(2)3/h10-11,13H,4-9H2,1-3H3. The van der Waals surface area contributed by atoms with E-state index in [1.807, 2.05) is 0 Å². The molecule has 0 bridgehead atoms. The van der Waals surface area contributed by atoms with Crippen molar-refractivity contribution in [2.45, 2.75) is 52.5 Å². The summed E-state index contributed by atoms with van der Waals surface area (Å²) in [7, 11) is 0. The molecule has 0 aromatic carbocycles. The van der Waals surface area contributed by atoms with Crippen molar-refractivity contribution in [1.82, 2.24) is 5.32 Å². The van der Waals surface area contributed by atoms with E-state index in [9.17, 15) is 0 Å². The summed E-state index contributed by atoms with van der Waals surface area (Å²) in [5.41, 5.74) is 0. The lowest BCUT2D eigenvalue weighted by molar-refractivity contribution is 0.427. The molecule has 1 nitrogen and oxygen atoms in total. The molecule has 0 heterocycles. The number of hydrogen-bond acceptors (Lipinski definition) is 1. The molecular weight excluding hydrogens is 226 g/mol. The Morgan fingerprint density at radius 2 is 1.85 bits per heavy atom. The average Bonchev–Trinajstić information content (AvgIpc) is 2.10. The summed E-state index contributed by atoms with van der Waals surface area (Å²) in [6.45, 7) is 7.97. The molecule has 0 rings (SSSR count). The summed E-state index contributed by atoms with van der Waals surface area (Å²) < 4.78 is 0. The molecule has 1 atom stereocenters. The van der Waals surface area contributed by atoms with Crippen LogP contribution in [0.4, 0.5) is 0 Å². The van der Waals surface area contributed by atoms with Gasteiger partial charge in [0, 0.05) is 11.4 Å². The van der Waals surface area contributed by atoms with E-state index < -0.39 is 0 Å². The Labute approximate surface area is 91.8 Å². The number of halogens is 1. The lowest BCUT2D eigenvalue weighted by Gasteiger charge is -2.19. The van der Waals surface area contributed by atoms with Crippen LogP contribution in [0.1, 0.15) is 46.5 Å². The van der Waals surface area contributed by atoms with Gasteiger partial charge in [0.25, 0.3) is 0 Å². The van der Waals surface area contributed by atoms with Crippen LogP contribution >= 0.6 is 15.9 Å². The minimum Gasteiger partial charge on any atom is -0.313 e. The number of hydrogen-bond donors (Lipinski definition) is 1. The quantitative estimate of drug-likeness (QED) is 0.513. The second-order valence-corrected chi connectivity index (χ2v) is 4.67. The van der Waals surface area contributed by atoms with Crippen LogP contribution in [0.5, 0.6) is 0 Å². The van der Waals surface area contributed by atoms with Crippen LogP contribution in [-0.4, -0.2) is 17.9 Å². The van der Waals surface area contributed by atoms with Crippen molar-refractivity contribution in [3.63, 3.8) is 0 Å². The minimum atomic E-state index is 0.640. The summed E-state index contributed by atoms with van der Waals surface area (Å²) in [4.78, 5) is 0. The van der Waals surface area contributed by atoms with Crippen molar-refractivity contribution in [1.29, 1.82) is 0 Å². The first-order chi connectivity index (χ1) is 6.22. The molecule has 0 spiro atoms. The van der Waals surface area contributed by atoms with Crippen molar-refractivity contribution in [2.24, 2.45) is 5.92 Å². The zero-order valence-electron chi connectivity index (χ0n) is 9.28. The van der Waals surface area contributed by atoms with Crippen LogP contribution in [0.3, 0.4) is 0 Å². The third-order valence-electron chi connectivity index (χ3n) is 2.41. The third kappa shape index (κ3) is 7.51. The predicted molar refractivity (Wildman–Crippen MR) is 64.6 cm³/mol. The second kappa shape index (κ2) is 9.01. The van der Waals surface area contributed by atoms with Crippen LogP contribution in [0.25, 0.3) is 0 Å². The molecule has 2 heteroatoms. The zero-order chi connectivity index (χ0) is 10.1. The fraction of sp³-hybridized carbons (Fsp3) is 1.00. The van der Waals surface area contributed by atoms with Gasteiger partial charge in [-0.25, -0.2) is 0 Å². The fourth-order valence-corrected chi connectivity index (χ4v) is 2.28. The van der Waals surface area contributed by atoms with Gasteiger partial charge in [-0.2, -0.15) is 0 Å². The summed E-state index contributed by atoms with van der Waals surface area (Å²) >= 11 is 3.54. The molecule has 1 unspecified atom stereocenters. The maximum Gasteiger partial charge on any atom is 0.0188 e. The van der Waals surface area contributed by atoms with Gasteiger partial charge in [0.05, 0.1) is 0 Å². The van der Waals surface area contributed by atoms with E-state index >= 15 is 0 Å². The Morgan fingerprint density at radius 3 is 2.31 bits per heavy atom. The Hall–Kier alpha value is 0.440. The van der Waals surface area contributed by atoms with Crippen LogP contribution in [0.2, 0.25) is 0 Å². The highest BCUT2D eigenvalue weighted by atomic mass is 79.9. The van der Waals surface area contributed by atoms with Gasteiger partial charge in [0.2, 0.25) is 0 Å². The average molecular weight is 250 g/mol. The van der Waals surface area contributed by atoms with Crippen LogP contribution < -0.4 is 5.32 Å². The van der Waals surface area contributed by atoms with E-state index in [0.717, 1.165) is 11.2 Å². The Morgan fingerprint density at radius 1 is 1.15 bits per heavy atom. The molecule has 0 radical (unpaired) electrons. The number of alkyl halides is 1. The summed E-state index contributed by atoms with van der Waals surface area (Å²) in [6, 6.07) is 0.640. The second-order valence-electron chi connectivity index (χ2n) is 4.02. The van der Waals surface area contributed by atoms with Gasteiger partial charge >= 0.3 is 0 Å². The highest BCUT2D eigenvalue weighted by Gasteiger charge is 2.09. The fourth-order valence-electron chi connectivity index (χ4n) is 1.31. The maximum absolute atomic E-state index is 3.58. The predicted octanol–water partition coefficient (Wildman–Crippen LogP) is 3.58. The lowest BCUT2D eigenvalue weighted by Crippen LogP contribution is -2.35. The smallest absolute Gasteiger partial charge is 0.0188 e. The monoisotopic (exact) mass is 249 g/mol. The first-order valence-electron chi connectivity index (χ1n) is 5.51. The van der Waals surface area contributed by atoms with Gasteiger partial charge in [0.15, 0.2) is 0 Å². The molecule has 0 saturated heterocycles. The van der Waals surface area contributed by atoms with E-state index in [1.165, 1.54) is 32.2 Å². The number of unbranched alkanes of at least 4 members (excludes halogenated alkanes) is 3. The van der Waals surface area contributed by atoms with E-state index in [1.54, 1.807) is 0 Å². The summed E-state index contributed by atoms with van der Waals surface area (Å²) in [5.74, 6) is 0.727. The van der Waals surface area contributed by atoms with E-state index in [2.05, 4.69) is 42.0 Å². The van der Waals surface area contributed by atoms with Gasteiger partial charge in [-0.05, 0) is 18.9 Å². The van der Waals surface area contributed by atoms with Crippen LogP contribution in [-0.2, 0) is 0 Å². The molecule has 0 amide bonds. The minimum absolute atomic E-state index is 0.640. The van der Waals surface area contributed by atoms with Crippen LogP contribution in [0.15, 0.2) is 0 Å². The molecule has 80 valence electrons. The first kappa shape index (κ1) is 13.4. The van der Waals surface area contributed by atoms with Gasteiger partial charge in [-0.3, -0.25) is 0 Å². The molecule has 0 fully saturated rings. The molecule has 1 N–H and O–H groups in total.